The minimum absolute atomic E-state index is 0.0322. The van der Waals surface area contributed by atoms with Crippen LogP contribution in [0.4, 0.5) is 0 Å². The zero-order valence-electron chi connectivity index (χ0n) is 7.12. The quantitative estimate of drug-likeness (QED) is 0.863. The SMILES string of the molecule is N#Cc1cc(Br)c2c(CO)csc2c1. The normalized spacial score (nSPS) is 10.4. The van der Waals surface area contributed by atoms with Gasteiger partial charge in [-0.25, -0.2) is 0 Å². The van der Waals surface area contributed by atoms with E-state index in [0.717, 1.165) is 20.1 Å². The number of hydrogen-bond acceptors (Lipinski definition) is 3. The summed E-state index contributed by atoms with van der Waals surface area (Å²) in [5.41, 5.74) is 1.54. The van der Waals surface area contributed by atoms with Crippen molar-refractivity contribution in [3.63, 3.8) is 0 Å². The van der Waals surface area contributed by atoms with Crippen LogP contribution in [0.5, 0.6) is 0 Å². The molecule has 0 bridgehead atoms. The molecular formula is C10H6BrNOS. The summed E-state index contributed by atoms with van der Waals surface area (Å²) in [7, 11) is 0. The Bertz CT molecular complexity index is 527. The third-order valence-corrected chi connectivity index (χ3v) is 3.61. The highest BCUT2D eigenvalue weighted by molar-refractivity contribution is 9.10. The van der Waals surface area contributed by atoms with Crippen molar-refractivity contribution in [2.24, 2.45) is 0 Å². The predicted molar refractivity (Wildman–Crippen MR) is 60.2 cm³/mol. The number of benzene rings is 1. The first-order valence-corrected chi connectivity index (χ1v) is 5.64. The van der Waals surface area contributed by atoms with Crippen LogP contribution in [0.15, 0.2) is 22.0 Å². The lowest BCUT2D eigenvalue weighted by atomic mass is 10.1. The molecule has 1 aromatic carbocycles. The molecule has 0 spiro atoms. The molecule has 0 radical (unpaired) electrons. The van der Waals surface area contributed by atoms with Crippen LogP contribution < -0.4 is 0 Å². The van der Waals surface area contributed by atoms with Gasteiger partial charge in [0, 0.05) is 14.6 Å². The maximum absolute atomic E-state index is 9.10. The lowest BCUT2D eigenvalue weighted by molar-refractivity contribution is 0.284. The minimum Gasteiger partial charge on any atom is -0.392 e. The van der Waals surface area contributed by atoms with Gasteiger partial charge in [0.05, 0.1) is 18.2 Å². The number of nitriles is 1. The van der Waals surface area contributed by atoms with Crippen LogP contribution in [0.1, 0.15) is 11.1 Å². The highest BCUT2D eigenvalue weighted by Gasteiger charge is 2.08. The smallest absolute Gasteiger partial charge is 0.0992 e. The molecule has 14 heavy (non-hydrogen) atoms. The average Bonchev–Trinajstić information content (AvgIpc) is 2.61. The van der Waals surface area contributed by atoms with E-state index in [4.69, 9.17) is 10.4 Å². The van der Waals surface area contributed by atoms with E-state index in [2.05, 4.69) is 22.0 Å². The largest absolute Gasteiger partial charge is 0.392 e. The Morgan fingerprint density at radius 3 is 2.93 bits per heavy atom. The van der Waals surface area contributed by atoms with E-state index in [-0.39, 0.29) is 6.61 Å². The van der Waals surface area contributed by atoms with Crippen LogP contribution >= 0.6 is 27.3 Å². The number of aliphatic hydroxyl groups excluding tert-OH is 1. The van der Waals surface area contributed by atoms with Gasteiger partial charge in [-0.1, -0.05) is 15.9 Å². The minimum atomic E-state index is 0.0322. The van der Waals surface area contributed by atoms with Gasteiger partial charge >= 0.3 is 0 Å². The number of hydrogen-bond donors (Lipinski definition) is 1. The van der Waals surface area contributed by atoms with Crippen molar-refractivity contribution < 1.29 is 5.11 Å². The molecule has 70 valence electrons. The van der Waals surface area contributed by atoms with Gasteiger partial charge in [-0.3, -0.25) is 0 Å². The third kappa shape index (κ3) is 1.44. The fourth-order valence-electron chi connectivity index (χ4n) is 1.36. The molecule has 0 unspecified atom stereocenters. The Kier molecular flexibility index (Phi) is 2.55. The summed E-state index contributed by atoms with van der Waals surface area (Å²) < 4.78 is 1.90. The molecular weight excluding hydrogens is 262 g/mol. The number of rotatable bonds is 1. The van der Waals surface area contributed by atoms with E-state index in [0.29, 0.717) is 5.56 Å². The fourth-order valence-corrected chi connectivity index (χ4v) is 3.22. The molecule has 4 heteroatoms. The van der Waals surface area contributed by atoms with E-state index >= 15 is 0 Å². The van der Waals surface area contributed by atoms with Crippen molar-refractivity contribution in [3.8, 4) is 6.07 Å². The summed E-state index contributed by atoms with van der Waals surface area (Å²) in [6, 6.07) is 5.71. The number of halogens is 1. The molecule has 0 aliphatic carbocycles. The van der Waals surface area contributed by atoms with Crippen molar-refractivity contribution in [3.05, 3.63) is 33.1 Å². The van der Waals surface area contributed by atoms with E-state index in [1.165, 1.54) is 0 Å². The number of thiophene rings is 1. The molecule has 1 N–H and O–H groups in total. The topological polar surface area (TPSA) is 44.0 Å². The predicted octanol–water partition coefficient (Wildman–Crippen LogP) is 3.03. The van der Waals surface area contributed by atoms with Crippen LogP contribution in [0.2, 0.25) is 0 Å². The molecule has 0 aliphatic heterocycles. The van der Waals surface area contributed by atoms with E-state index in [1.54, 1.807) is 17.4 Å². The van der Waals surface area contributed by atoms with E-state index in [1.807, 2.05) is 11.4 Å². The Balaban J connectivity index is 2.80. The summed E-state index contributed by atoms with van der Waals surface area (Å²) in [5.74, 6) is 0. The summed E-state index contributed by atoms with van der Waals surface area (Å²) >= 11 is 4.94. The van der Waals surface area contributed by atoms with Crippen molar-refractivity contribution in [1.82, 2.24) is 0 Å². The van der Waals surface area contributed by atoms with Gasteiger partial charge in [0.15, 0.2) is 0 Å². The summed E-state index contributed by atoms with van der Waals surface area (Å²) in [4.78, 5) is 0. The van der Waals surface area contributed by atoms with Crippen LogP contribution in [0.25, 0.3) is 10.1 Å². The maximum Gasteiger partial charge on any atom is 0.0992 e. The van der Waals surface area contributed by atoms with Gasteiger partial charge in [0.1, 0.15) is 0 Å². The fraction of sp³-hybridized carbons (Fsp3) is 0.100. The Morgan fingerprint density at radius 2 is 2.29 bits per heavy atom. The summed E-state index contributed by atoms with van der Waals surface area (Å²) in [6.07, 6.45) is 0. The molecule has 0 aliphatic rings. The zero-order chi connectivity index (χ0) is 10.1. The van der Waals surface area contributed by atoms with Gasteiger partial charge in [-0.05, 0) is 23.1 Å². The number of fused-ring (bicyclic) bond motifs is 1. The van der Waals surface area contributed by atoms with E-state index in [9.17, 15) is 0 Å². The second-order valence-electron chi connectivity index (χ2n) is 2.86. The van der Waals surface area contributed by atoms with E-state index < -0.39 is 0 Å². The second kappa shape index (κ2) is 3.70. The Morgan fingerprint density at radius 1 is 1.50 bits per heavy atom. The molecule has 2 rings (SSSR count). The van der Waals surface area contributed by atoms with Gasteiger partial charge in [-0.2, -0.15) is 5.26 Å². The van der Waals surface area contributed by atoms with Gasteiger partial charge in [0.25, 0.3) is 0 Å². The highest BCUT2D eigenvalue weighted by Crippen LogP contribution is 2.33. The first-order chi connectivity index (χ1) is 6.76. The second-order valence-corrected chi connectivity index (χ2v) is 4.63. The van der Waals surface area contributed by atoms with Crippen molar-refractivity contribution in [1.29, 1.82) is 5.26 Å². The Labute approximate surface area is 93.5 Å². The molecule has 2 nitrogen and oxygen atoms in total. The zero-order valence-corrected chi connectivity index (χ0v) is 9.52. The summed E-state index contributed by atoms with van der Waals surface area (Å²) in [5, 5.41) is 20.8. The number of aliphatic hydroxyl groups is 1. The molecule has 1 heterocycles. The first-order valence-electron chi connectivity index (χ1n) is 3.97. The molecule has 0 fully saturated rings. The highest BCUT2D eigenvalue weighted by atomic mass is 79.9. The van der Waals surface area contributed by atoms with Crippen molar-refractivity contribution >= 4 is 37.4 Å². The Hall–Kier alpha value is -0.890. The molecule has 0 saturated heterocycles. The first kappa shape index (κ1) is 9.66. The van der Waals surface area contributed by atoms with Crippen LogP contribution in [-0.4, -0.2) is 5.11 Å². The van der Waals surface area contributed by atoms with Gasteiger partial charge in [0.2, 0.25) is 0 Å². The van der Waals surface area contributed by atoms with Crippen molar-refractivity contribution in [2.45, 2.75) is 6.61 Å². The van der Waals surface area contributed by atoms with Gasteiger partial charge < -0.3 is 5.11 Å². The maximum atomic E-state index is 9.10. The monoisotopic (exact) mass is 267 g/mol. The van der Waals surface area contributed by atoms with Crippen LogP contribution in [-0.2, 0) is 6.61 Å². The van der Waals surface area contributed by atoms with Crippen LogP contribution in [0.3, 0.4) is 0 Å². The lowest BCUT2D eigenvalue weighted by Gasteiger charge is -1.98. The molecule has 1 aromatic heterocycles. The average molecular weight is 268 g/mol. The summed E-state index contributed by atoms with van der Waals surface area (Å²) in [6.45, 7) is 0.0322. The standard InChI is InChI=1S/C10H6BrNOS/c11-8-1-6(3-12)2-9-10(8)7(4-13)5-14-9/h1-2,5,13H,4H2. The molecule has 0 amide bonds. The number of nitrogens with zero attached hydrogens (tertiary/aromatic N) is 1. The lowest BCUT2D eigenvalue weighted by Crippen LogP contribution is -1.81. The molecule has 0 atom stereocenters. The van der Waals surface area contributed by atoms with Gasteiger partial charge in [-0.15, -0.1) is 11.3 Å². The van der Waals surface area contributed by atoms with Crippen LogP contribution in [0, 0.1) is 11.3 Å². The molecule has 0 saturated carbocycles. The third-order valence-electron chi connectivity index (χ3n) is 2.00. The van der Waals surface area contributed by atoms with Crippen molar-refractivity contribution in [2.75, 3.05) is 0 Å². The molecule has 2 aromatic rings.